The Hall–Kier alpha value is -1.44. The largest absolute Gasteiger partial charge is 0.463 e. The standard InChI is InChI=1S/C12H23N5O2S/c1-5-7-19-12-16-10(13-6-2)15-11(17-12)14-8-9(3)20(4)18/h9H,5-8H2,1-4H3,(H2,13,14,15,16,17). The maximum atomic E-state index is 11.3. The van der Waals surface area contributed by atoms with Crippen LogP contribution in [0.2, 0.25) is 0 Å². The zero-order valence-electron chi connectivity index (χ0n) is 12.5. The van der Waals surface area contributed by atoms with E-state index in [0.29, 0.717) is 37.6 Å². The molecule has 2 atom stereocenters. The van der Waals surface area contributed by atoms with Crippen LogP contribution in [0.15, 0.2) is 0 Å². The summed E-state index contributed by atoms with van der Waals surface area (Å²) >= 11 is 0. The van der Waals surface area contributed by atoms with Crippen molar-refractivity contribution in [1.29, 1.82) is 0 Å². The average Bonchev–Trinajstić information content (AvgIpc) is 2.42. The average molecular weight is 301 g/mol. The Morgan fingerprint density at radius 1 is 1.20 bits per heavy atom. The highest BCUT2D eigenvalue weighted by Crippen LogP contribution is 2.11. The van der Waals surface area contributed by atoms with Gasteiger partial charge < -0.3 is 15.4 Å². The van der Waals surface area contributed by atoms with Crippen LogP contribution in [0.1, 0.15) is 27.2 Å². The van der Waals surface area contributed by atoms with Crippen molar-refractivity contribution >= 4 is 22.7 Å². The van der Waals surface area contributed by atoms with E-state index in [0.717, 1.165) is 6.42 Å². The van der Waals surface area contributed by atoms with Gasteiger partial charge in [0.1, 0.15) is 0 Å². The molecular weight excluding hydrogens is 278 g/mol. The molecule has 0 spiro atoms. The molecule has 0 aliphatic rings. The smallest absolute Gasteiger partial charge is 0.323 e. The fraction of sp³-hybridized carbons (Fsp3) is 0.750. The highest BCUT2D eigenvalue weighted by Gasteiger charge is 2.10. The van der Waals surface area contributed by atoms with Crippen LogP contribution >= 0.6 is 0 Å². The quantitative estimate of drug-likeness (QED) is 0.710. The molecule has 8 heteroatoms. The second-order valence-electron chi connectivity index (χ2n) is 4.33. The number of nitrogens with one attached hydrogen (secondary N) is 2. The van der Waals surface area contributed by atoms with Crippen LogP contribution < -0.4 is 15.4 Å². The molecule has 2 N–H and O–H groups in total. The first kappa shape index (κ1) is 16.6. The Morgan fingerprint density at radius 3 is 2.40 bits per heavy atom. The Bertz CT molecular complexity index is 444. The third-order valence-electron chi connectivity index (χ3n) is 2.50. The zero-order chi connectivity index (χ0) is 15.0. The van der Waals surface area contributed by atoms with Crippen LogP contribution in [-0.4, -0.2) is 50.4 Å². The molecule has 20 heavy (non-hydrogen) atoms. The molecule has 7 nitrogen and oxygen atoms in total. The van der Waals surface area contributed by atoms with E-state index >= 15 is 0 Å². The van der Waals surface area contributed by atoms with Crippen LogP contribution in [0, 0.1) is 0 Å². The third kappa shape index (κ3) is 5.68. The summed E-state index contributed by atoms with van der Waals surface area (Å²) in [7, 11) is -0.883. The molecule has 2 unspecified atom stereocenters. The molecule has 0 saturated carbocycles. The van der Waals surface area contributed by atoms with Crippen LogP contribution in [0.3, 0.4) is 0 Å². The van der Waals surface area contributed by atoms with Crippen molar-refractivity contribution in [3.63, 3.8) is 0 Å². The van der Waals surface area contributed by atoms with Crippen LogP contribution in [0.25, 0.3) is 0 Å². The molecule has 1 heterocycles. The predicted octanol–water partition coefficient (Wildman–Crippen LogP) is 1.27. The van der Waals surface area contributed by atoms with E-state index in [4.69, 9.17) is 4.74 Å². The van der Waals surface area contributed by atoms with Gasteiger partial charge in [0.15, 0.2) is 0 Å². The van der Waals surface area contributed by atoms with Crippen molar-refractivity contribution in [2.45, 2.75) is 32.4 Å². The summed E-state index contributed by atoms with van der Waals surface area (Å²) in [5.41, 5.74) is 0. The van der Waals surface area contributed by atoms with Gasteiger partial charge in [0.25, 0.3) is 0 Å². The van der Waals surface area contributed by atoms with E-state index in [1.165, 1.54) is 0 Å². The lowest BCUT2D eigenvalue weighted by Gasteiger charge is -2.12. The van der Waals surface area contributed by atoms with Gasteiger partial charge in [-0.2, -0.15) is 15.0 Å². The molecule has 0 saturated heterocycles. The number of anilines is 2. The molecule has 0 bridgehead atoms. The van der Waals surface area contributed by atoms with Gasteiger partial charge in [-0.3, -0.25) is 4.21 Å². The Kier molecular flexibility index (Phi) is 7.21. The van der Waals surface area contributed by atoms with Crippen molar-refractivity contribution in [3.05, 3.63) is 0 Å². The molecule has 114 valence electrons. The fourth-order valence-electron chi connectivity index (χ4n) is 1.28. The van der Waals surface area contributed by atoms with E-state index in [1.54, 1.807) is 6.26 Å². The molecule has 0 aliphatic carbocycles. The molecule has 0 radical (unpaired) electrons. The summed E-state index contributed by atoms with van der Waals surface area (Å²) in [5.74, 6) is 0.903. The minimum absolute atomic E-state index is 0.0226. The predicted molar refractivity (Wildman–Crippen MR) is 81.8 cm³/mol. The maximum absolute atomic E-state index is 11.3. The molecule has 1 aromatic rings. The Balaban J connectivity index is 2.76. The Morgan fingerprint density at radius 2 is 1.85 bits per heavy atom. The van der Waals surface area contributed by atoms with Crippen molar-refractivity contribution in [2.75, 3.05) is 36.6 Å². The third-order valence-corrected chi connectivity index (χ3v) is 3.80. The topological polar surface area (TPSA) is 89.0 Å². The summed E-state index contributed by atoms with van der Waals surface area (Å²) in [6, 6.07) is 0.297. The van der Waals surface area contributed by atoms with E-state index in [-0.39, 0.29) is 5.25 Å². The van der Waals surface area contributed by atoms with Gasteiger partial charge in [-0.25, -0.2) is 0 Å². The number of ether oxygens (including phenoxy) is 1. The normalized spacial score (nSPS) is 13.6. The molecule has 1 rings (SSSR count). The van der Waals surface area contributed by atoms with Gasteiger partial charge in [0.2, 0.25) is 11.9 Å². The lowest BCUT2D eigenvalue weighted by Crippen LogP contribution is -2.22. The monoisotopic (exact) mass is 301 g/mol. The number of rotatable bonds is 9. The fourth-order valence-corrected chi connectivity index (χ4v) is 1.60. The lowest BCUT2D eigenvalue weighted by molar-refractivity contribution is 0.292. The second kappa shape index (κ2) is 8.68. The minimum Gasteiger partial charge on any atom is -0.463 e. The summed E-state index contributed by atoms with van der Waals surface area (Å²) < 4.78 is 16.8. The van der Waals surface area contributed by atoms with E-state index < -0.39 is 10.8 Å². The summed E-state index contributed by atoms with van der Waals surface area (Å²) in [6.07, 6.45) is 2.57. The summed E-state index contributed by atoms with van der Waals surface area (Å²) in [4.78, 5) is 12.6. The number of hydrogen-bond donors (Lipinski definition) is 2. The van der Waals surface area contributed by atoms with Gasteiger partial charge in [-0.05, 0) is 20.3 Å². The minimum atomic E-state index is -0.883. The van der Waals surface area contributed by atoms with Crippen LogP contribution in [0.4, 0.5) is 11.9 Å². The molecule has 0 aliphatic heterocycles. The maximum Gasteiger partial charge on any atom is 0.323 e. The van der Waals surface area contributed by atoms with Crippen molar-refractivity contribution < 1.29 is 8.95 Å². The van der Waals surface area contributed by atoms with Gasteiger partial charge in [-0.1, -0.05) is 6.92 Å². The highest BCUT2D eigenvalue weighted by atomic mass is 32.2. The molecular formula is C12H23N5O2S. The van der Waals surface area contributed by atoms with E-state index in [1.807, 2.05) is 20.8 Å². The van der Waals surface area contributed by atoms with Crippen LogP contribution in [0.5, 0.6) is 6.01 Å². The van der Waals surface area contributed by atoms with Gasteiger partial charge in [0.05, 0.1) is 6.61 Å². The van der Waals surface area contributed by atoms with E-state index in [9.17, 15) is 4.21 Å². The number of aromatic nitrogens is 3. The van der Waals surface area contributed by atoms with Crippen LogP contribution in [-0.2, 0) is 10.8 Å². The molecule has 0 aromatic carbocycles. The number of nitrogens with zero attached hydrogens (tertiary/aromatic N) is 3. The van der Waals surface area contributed by atoms with E-state index in [2.05, 4.69) is 25.6 Å². The summed E-state index contributed by atoms with van der Waals surface area (Å²) in [5, 5.41) is 6.12. The van der Waals surface area contributed by atoms with Crippen molar-refractivity contribution in [1.82, 2.24) is 15.0 Å². The molecule has 0 amide bonds. The van der Waals surface area contributed by atoms with Gasteiger partial charge >= 0.3 is 6.01 Å². The summed E-state index contributed by atoms with van der Waals surface area (Å²) in [6.45, 7) is 7.70. The SMILES string of the molecule is CCCOc1nc(NCC)nc(NCC(C)S(C)=O)n1. The van der Waals surface area contributed by atoms with Crippen molar-refractivity contribution in [3.8, 4) is 6.01 Å². The molecule has 1 aromatic heterocycles. The number of hydrogen-bond acceptors (Lipinski definition) is 7. The van der Waals surface area contributed by atoms with Crippen molar-refractivity contribution in [2.24, 2.45) is 0 Å². The highest BCUT2D eigenvalue weighted by molar-refractivity contribution is 7.84. The zero-order valence-corrected chi connectivity index (χ0v) is 13.3. The molecule has 0 fully saturated rings. The first-order chi connectivity index (χ1) is 9.56. The first-order valence-electron chi connectivity index (χ1n) is 6.75. The second-order valence-corrected chi connectivity index (χ2v) is 6.14. The van der Waals surface area contributed by atoms with Gasteiger partial charge in [-0.15, -0.1) is 0 Å². The first-order valence-corrected chi connectivity index (χ1v) is 8.37. The lowest BCUT2D eigenvalue weighted by atomic mass is 10.5. The Labute approximate surface area is 122 Å². The van der Waals surface area contributed by atoms with Gasteiger partial charge in [0, 0.05) is 35.4 Å².